The van der Waals surface area contributed by atoms with Crippen LogP contribution >= 0.6 is 0 Å². The van der Waals surface area contributed by atoms with Gasteiger partial charge in [-0.25, -0.2) is 9.59 Å². The molecule has 6 heteroatoms. The molecule has 0 saturated carbocycles. The smallest absolute Gasteiger partial charge is 0.352 e. The zero-order chi connectivity index (χ0) is 17.7. The number of aromatic nitrogens is 2. The van der Waals surface area contributed by atoms with Crippen molar-refractivity contribution >= 4 is 11.9 Å². The average molecular weight is 318 g/mol. The molecule has 0 atom stereocenters. The van der Waals surface area contributed by atoms with Gasteiger partial charge in [0.2, 0.25) is 0 Å². The second kappa shape index (κ2) is 5.30. The van der Waals surface area contributed by atoms with E-state index in [0.29, 0.717) is 11.1 Å². The standard InChI is InChI=1S/C17H22N2O4/c1-7-9(3)13(18-11(7)15(20)21)17(5,6)14-10(4)8(2)12(19-14)16(22)23/h18-19H,1-6H3,(H,20,21)(H,22,23). The van der Waals surface area contributed by atoms with Crippen LogP contribution in [0.15, 0.2) is 0 Å². The summed E-state index contributed by atoms with van der Waals surface area (Å²) in [6.45, 7) is 11.2. The van der Waals surface area contributed by atoms with Gasteiger partial charge >= 0.3 is 11.9 Å². The summed E-state index contributed by atoms with van der Waals surface area (Å²) >= 11 is 0. The molecule has 0 radical (unpaired) electrons. The molecule has 0 spiro atoms. The quantitative estimate of drug-likeness (QED) is 0.694. The number of hydrogen-bond acceptors (Lipinski definition) is 2. The first-order valence-corrected chi connectivity index (χ1v) is 7.36. The Bertz CT molecular complexity index is 743. The van der Waals surface area contributed by atoms with Gasteiger partial charge in [0.05, 0.1) is 0 Å². The fourth-order valence-electron chi connectivity index (χ4n) is 3.18. The molecule has 2 heterocycles. The number of carbonyl (C=O) groups is 2. The van der Waals surface area contributed by atoms with Crippen LogP contribution in [0.1, 0.15) is 68.5 Å². The van der Waals surface area contributed by atoms with Crippen molar-refractivity contribution in [1.29, 1.82) is 0 Å². The van der Waals surface area contributed by atoms with Gasteiger partial charge in [-0.05, 0) is 63.8 Å². The normalized spacial score (nSPS) is 11.7. The zero-order valence-electron chi connectivity index (χ0n) is 14.2. The van der Waals surface area contributed by atoms with E-state index in [0.717, 1.165) is 22.5 Å². The Kier molecular flexibility index (Phi) is 3.88. The van der Waals surface area contributed by atoms with E-state index >= 15 is 0 Å². The Morgan fingerprint density at radius 2 is 1.04 bits per heavy atom. The van der Waals surface area contributed by atoms with E-state index in [1.165, 1.54) is 0 Å². The van der Waals surface area contributed by atoms with Gasteiger partial charge < -0.3 is 20.2 Å². The topological polar surface area (TPSA) is 106 Å². The van der Waals surface area contributed by atoms with Gasteiger partial charge in [0.25, 0.3) is 0 Å². The molecule has 2 aromatic heterocycles. The van der Waals surface area contributed by atoms with Crippen LogP contribution < -0.4 is 0 Å². The van der Waals surface area contributed by atoms with Crippen LogP contribution in [0.3, 0.4) is 0 Å². The third-order valence-corrected chi connectivity index (χ3v) is 4.80. The molecule has 4 N–H and O–H groups in total. The lowest BCUT2D eigenvalue weighted by Gasteiger charge is -2.25. The fraction of sp³-hybridized carbons (Fsp3) is 0.412. The van der Waals surface area contributed by atoms with Crippen LogP contribution in [0.25, 0.3) is 0 Å². The lowest BCUT2D eigenvalue weighted by molar-refractivity contribution is 0.0679. The lowest BCUT2D eigenvalue weighted by Crippen LogP contribution is -2.23. The maximum absolute atomic E-state index is 11.3. The first-order chi connectivity index (χ1) is 10.5. The molecule has 0 aromatic carbocycles. The summed E-state index contributed by atoms with van der Waals surface area (Å²) in [4.78, 5) is 28.7. The number of carboxylic acids is 2. The maximum atomic E-state index is 11.3. The molecule has 2 aromatic rings. The minimum absolute atomic E-state index is 0.171. The van der Waals surface area contributed by atoms with Gasteiger partial charge in [-0.1, -0.05) is 0 Å². The van der Waals surface area contributed by atoms with Crippen molar-refractivity contribution in [2.45, 2.75) is 47.0 Å². The molecule has 23 heavy (non-hydrogen) atoms. The summed E-state index contributed by atoms with van der Waals surface area (Å²) in [5.74, 6) is -2.00. The molecule has 0 aliphatic rings. The first-order valence-electron chi connectivity index (χ1n) is 7.36. The molecule has 0 unspecified atom stereocenters. The van der Waals surface area contributed by atoms with Crippen molar-refractivity contribution in [1.82, 2.24) is 9.97 Å². The Morgan fingerprint density at radius 1 is 0.739 bits per heavy atom. The molecule has 6 nitrogen and oxygen atoms in total. The van der Waals surface area contributed by atoms with Crippen molar-refractivity contribution < 1.29 is 19.8 Å². The van der Waals surface area contributed by atoms with Crippen LogP contribution in [0.5, 0.6) is 0 Å². The third kappa shape index (κ3) is 2.44. The highest BCUT2D eigenvalue weighted by molar-refractivity contribution is 5.89. The molecular weight excluding hydrogens is 296 g/mol. The zero-order valence-corrected chi connectivity index (χ0v) is 14.2. The lowest BCUT2D eigenvalue weighted by atomic mass is 9.81. The number of aromatic carboxylic acids is 2. The molecule has 0 aliphatic carbocycles. The SMILES string of the molecule is Cc1c(C(=O)O)[nH]c(C(C)(C)c2[nH]c(C(=O)O)c(C)c2C)c1C. The maximum Gasteiger partial charge on any atom is 0.352 e. The van der Waals surface area contributed by atoms with E-state index in [-0.39, 0.29) is 11.4 Å². The van der Waals surface area contributed by atoms with Gasteiger partial charge in [0.15, 0.2) is 0 Å². The predicted octanol–water partition coefficient (Wildman–Crippen LogP) is 3.30. The van der Waals surface area contributed by atoms with Gasteiger partial charge in [-0.2, -0.15) is 0 Å². The van der Waals surface area contributed by atoms with Crippen molar-refractivity contribution in [3.63, 3.8) is 0 Å². The highest BCUT2D eigenvalue weighted by Crippen LogP contribution is 2.37. The molecule has 0 saturated heterocycles. The van der Waals surface area contributed by atoms with E-state index in [9.17, 15) is 19.8 Å². The van der Waals surface area contributed by atoms with Crippen molar-refractivity contribution in [3.8, 4) is 0 Å². The van der Waals surface area contributed by atoms with Gasteiger partial charge in [0.1, 0.15) is 11.4 Å². The number of H-pyrrole nitrogens is 2. The Morgan fingerprint density at radius 3 is 1.26 bits per heavy atom. The number of hydrogen-bond donors (Lipinski definition) is 4. The minimum atomic E-state index is -1.00. The molecule has 0 amide bonds. The Hall–Kier alpha value is -2.50. The number of nitrogens with one attached hydrogen (secondary N) is 2. The second-order valence-electron chi connectivity index (χ2n) is 6.49. The average Bonchev–Trinajstić information content (AvgIpc) is 2.90. The van der Waals surface area contributed by atoms with Crippen LogP contribution in [0.2, 0.25) is 0 Å². The van der Waals surface area contributed by atoms with Gasteiger partial charge in [-0.3, -0.25) is 0 Å². The highest BCUT2D eigenvalue weighted by Gasteiger charge is 2.34. The molecular formula is C17H22N2O4. The number of carboxylic acid groups (broad SMARTS) is 2. The summed E-state index contributed by atoms with van der Waals surface area (Å²) in [6.07, 6.45) is 0. The first kappa shape index (κ1) is 16.9. The summed E-state index contributed by atoms with van der Waals surface area (Å²) in [7, 11) is 0. The molecule has 0 fully saturated rings. The largest absolute Gasteiger partial charge is 0.477 e. The van der Waals surface area contributed by atoms with Crippen LogP contribution in [-0.2, 0) is 5.41 Å². The molecule has 0 bridgehead atoms. The second-order valence-corrected chi connectivity index (χ2v) is 6.49. The van der Waals surface area contributed by atoms with E-state index in [1.54, 1.807) is 13.8 Å². The summed E-state index contributed by atoms with van der Waals surface area (Å²) in [5, 5.41) is 18.6. The van der Waals surface area contributed by atoms with Gasteiger partial charge in [-0.15, -0.1) is 0 Å². The van der Waals surface area contributed by atoms with Crippen LogP contribution in [0.4, 0.5) is 0 Å². The predicted molar refractivity (Wildman–Crippen MR) is 86.6 cm³/mol. The van der Waals surface area contributed by atoms with Crippen molar-refractivity contribution in [2.24, 2.45) is 0 Å². The summed E-state index contributed by atoms with van der Waals surface area (Å²) in [5.41, 5.74) is 4.44. The molecule has 2 rings (SSSR count). The highest BCUT2D eigenvalue weighted by atomic mass is 16.4. The third-order valence-electron chi connectivity index (χ3n) is 4.80. The van der Waals surface area contributed by atoms with E-state index in [1.807, 2.05) is 27.7 Å². The van der Waals surface area contributed by atoms with E-state index < -0.39 is 17.4 Å². The van der Waals surface area contributed by atoms with E-state index in [4.69, 9.17) is 0 Å². The monoisotopic (exact) mass is 318 g/mol. The van der Waals surface area contributed by atoms with Crippen molar-refractivity contribution in [2.75, 3.05) is 0 Å². The Labute approximate surface area is 134 Å². The minimum Gasteiger partial charge on any atom is -0.477 e. The van der Waals surface area contributed by atoms with E-state index in [2.05, 4.69) is 9.97 Å². The number of aromatic amines is 2. The number of rotatable bonds is 4. The molecule has 0 aliphatic heterocycles. The van der Waals surface area contributed by atoms with Gasteiger partial charge in [0, 0.05) is 16.8 Å². The fourth-order valence-corrected chi connectivity index (χ4v) is 3.18. The summed E-state index contributed by atoms with van der Waals surface area (Å²) < 4.78 is 0. The van der Waals surface area contributed by atoms with Crippen molar-refractivity contribution in [3.05, 3.63) is 45.0 Å². The summed E-state index contributed by atoms with van der Waals surface area (Å²) in [6, 6.07) is 0. The Balaban J connectivity index is 2.69. The van der Waals surface area contributed by atoms with Crippen LogP contribution in [-0.4, -0.2) is 32.1 Å². The van der Waals surface area contributed by atoms with Crippen LogP contribution in [0, 0.1) is 27.7 Å². The molecule has 124 valence electrons.